The van der Waals surface area contributed by atoms with Gasteiger partial charge in [-0.25, -0.2) is 4.98 Å². The Bertz CT molecular complexity index is 1120. The molecule has 0 saturated heterocycles. The Kier molecular flexibility index (Phi) is 7.87. The summed E-state index contributed by atoms with van der Waals surface area (Å²) < 4.78 is 7.09. The van der Waals surface area contributed by atoms with Crippen LogP contribution in [0.3, 0.4) is 0 Å². The summed E-state index contributed by atoms with van der Waals surface area (Å²) in [7, 11) is 0. The lowest BCUT2D eigenvalue weighted by molar-refractivity contribution is -0.118. The predicted octanol–water partition coefficient (Wildman–Crippen LogP) is 4.03. The highest BCUT2D eigenvalue weighted by atomic mass is 32.2. The number of carbonyl (C=O) groups excluding carboxylic acids is 1. The first-order valence-electron chi connectivity index (χ1n) is 10.5. The maximum atomic E-state index is 13.3. The summed E-state index contributed by atoms with van der Waals surface area (Å²) in [4.78, 5) is 30.3. The summed E-state index contributed by atoms with van der Waals surface area (Å²) in [5.41, 5.74) is 3.49. The van der Waals surface area contributed by atoms with Crippen molar-refractivity contribution in [2.24, 2.45) is 0 Å². The van der Waals surface area contributed by atoms with Gasteiger partial charge in [-0.15, -0.1) is 0 Å². The lowest BCUT2D eigenvalue weighted by Gasteiger charge is -2.14. The van der Waals surface area contributed by atoms with E-state index in [0.717, 1.165) is 23.2 Å². The average molecular weight is 440 g/mol. The van der Waals surface area contributed by atoms with Gasteiger partial charge in [0.05, 0.1) is 28.4 Å². The number of nitrogens with one attached hydrogen (secondary N) is 1. The Morgan fingerprint density at radius 2 is 1.94 bits per heavy atom. The molecule has 1 heterocycles. The second kappa shape index (κ2) is 10.6. The zero-order valence-corrected chi connectivity index (χ0v) is 19.3. The van der Waals surface area contributed by atoms with Gasteiger partial charge in [0.1, 0.15) is 0 Å². The third-order valence-corrected chi connectivity index (χ3v) is 5.86. The van der Waals surface area contributed by atoms with Gasteiger partial charge in [-0.3, -0.25) is 14.2 Å². The lowest BCUT2D eigenvalue weighted by atomic mass is 10.1. The summed E-state index contributed by atoms with van der Waals surface area (Å²) in [6.07, 6.45) is 0.947. The second-order valence-electron chi connectivity index (χ2n) is 7.73. The number of amides is 1. The number of ether oxygens (including phenoxy) is 1. The minimum Gasteiger partial charge on any atom is -0.379 e. The Morgan fingerprint density at radius 3 is 2.68 bits per heavy atom. The number of para-hydroxylation sites is 1. The van der Waals surface area contributed by atoms with Crippen LogP contribution in [0.2, 0.25) is 0 Å². The number of nitrogens with zero attached hydrogens (tertiary/aromatic N) is 2. The van der Waals surface area contributed by atoms with Crippen molar-refractivity contribution in [1.29, 1.82) is 0 Å². The van der Waals surface area contributed by atoms with Crippen molar-refractivity contribution in [3.05, 3.63) is 63.9 Å². The van der Waals surface area contributed by atoms with Crippen LogP contribution in [0.25, 0.3) is 16.6 Å². The van der Waals surface area contributed by atoms with Crippen LogP contribution in [0.15, 0.2) is 52.4 Å². The molecule has 7 heteroatoms. The van der Waals surface area contributed by atoms with Gasteiger partial charge < -0.3 is 10.1 Å². The first kappa shape index (κ1) is 23.0. The van der Waals surface area contributed by atoms with Gasteiger partial charge in [-0.2, -0.15) is 0 Å². The Morgan fingerprint density at radius 1 is 1.16 bits per heavy atom. The first-order chi connectivity index (χ1) is 14.9. The number of hydrogen-bond donors (Lipinski definition) is 1. The predicted molar refractivity (Wildman–Crippen MR) is 126 cm³/mol. The van der Waals surface area contributed by atoms with E-state index in [4.69, 9.17) is 9.72 Å². The molecule has 2 aromatic carbocycles. The third kappa shape index (κ3) is 5.95. The molecule has 6 nitrogen and oxygen atoms in total. The van der Waals surface area contributed by atoms with Crippen molar-refractivity contribution >= 4 is 28.6 Å². The number of thioether (sulfide) groups is 1. The summed E-state index contributed by atoms with van der Waals surface area (Å²) in [6, 6.07) is 13.2. The van der Waals surface area contributed by atoms with E-state index >= 15 is 0 Å². The molecule has 0 aliphatic carbocycles. The number of aromatic nitrogens is 2. The van der Waals surface area contributed by atoms with E-state index < -0.39 is 0 Å². The van der Waals surface area contributed by atoms with Crippen LogP contribution in [0.5, 0.6) is 0 Å². The Labute approximate surface area is 187 Å². The fourth-order valence-electron chi connectivity index (χ4n) is 3.10. The molecule has 0 bridgehead atoms. The van der Waals surface area contributed by atoms with E-state index in [-0.39, 0.29) is 23.3 Å². The van der Waals surface area contributed by atoms with Crippen LogP contribution >= 0.6 is 11.8 Å². The summed E-state index contributed by atoms with van der Waals surface area (Å²) in [6.45, 7) is 9.20. The van der Waals surface area contributed by atoms with Crippen molar-refractivity contribution < 1.29 is 9.53 Å². The van der Waals surface area contributed by atoms with E-state index in [1.54, 1.807) is 10.6 Å². The smallest absolute Gasteiger partial charge is 0.266 e. The van der Waals surface area contributed by atoms with Crippen molar-refractivity contribution in [3.8, 4) is 5.69 Å². The second-order valence-corrected chi connectivity index (χ2v) is 8.67. The molecule has 0 aliphatic heterocycles. The van der Waals surface area contributed by atoms with Gasteiger partial charge in [0.2, 0.25) is 5.91 Å². The molecule has 0 aliphatic rings. The topological polar surface area (TPSA) is 73.2 Å². The van der Waals surface area contributed by atoms with Crippen molar-refractivity contribution in [1.82, 2.24) is 14.9 Å². The minimum atomic E-state index is -0.136. The molecule has 0 spiro atoms. The molecule has 3 aromatic rings. The fourth-order valence-corrected chi connectivity index (χ4v) is 3.94. The van der Waals surface area contributed by atoms with E-state index in [1.807, 2.05) is 64.1 Å². The van der Waals surface area contributed by atoms with Crippen molar-refractivity contribution in [2.45, 2.75) is 45.4 Å². The van der Waals surface area contributed by atoms with E-state index in [9.17, 15) is 9.59 Å². The lowest BCUT2D eigenvalue weighted by Crippen LogP contribution is -2.28. The molecular formula is C24H29N3O3S. The van der Waals surface area contributed by atoms with Gasteiger partial charge >= 0.3 is 0 Å². The zero-order valence-electron chi connectivity index (χ0n) is 18.5. The van der Waals surface area contributed by atoms with E-state index in [2.05, 4.69) is 5.32 Å². The Balaban J connectivity index is 1.81. The molecule has 0 atom stereocenters. The number of benzene rings is 2. The highest BCUT2D eigenvalue weighted by molar-refractivity contribution is 7.99. The first-order valence-corrected chi connectivity index (χ1v) is 11.5. The monoisotopic (exact) mass is 439 g/mol. The molecule has 164 valence electrons. The normalized spacial score (nSPS) is 11.3. The van der Waals surface area contributed by atoms with Crippen LogP contribution in [-0.4, -0.2) is 40.5 Å². The molecular weight excluding hydrogens is 410 g/mol. The van der Waals surface area contributed by atoms with E-state index in [0.29, 0.717) is 29.2 Å². The quantitative estimate of drug-likeness (QED) is 0.310. The molecule has 1 aromatic heterocycles. The average Bonchev–Trinajstić information content (AvgIpc) is 2.74. The SMILES string of the molecule is Cc1ccc(-n2c(SCC(=O)NCCCOC(C)C)nc3ccccc3c2=O)cc1C. The minimum absolute atomic E-state index is 0.0939. The van der Waals surface area contributed by atoms with E-state index in [1.165, 1.54) is 11.8 Å². The largest absolute Gasteiger partial charge is 0.379 e. The van der Waals surface area contributed by atoms with Crippen molar-refractivity contribution in [2.75, 3.05) is 18.9 Å². The molecule has 0 fully saturated rings. The number of hydrogen-bond acceptors (Lipinski definition) is 5. The number of aryl methyl sites for hydroxylation is 2. The summed E-state index contributed by atoms with van der Waals surface area (Å²) in [5, 5.41) is 3.96. The number of fused-ring (bicyclic) bond motifs is 1. The third-order valence-electron chi connectivity index (χ3n) is 4.92. The molecule has 1 N–H and O–H groups in total. The van der Waals surface area contributed by atoms with Crippen LogP contribution in [0.1, 0.15) is 31.4 Å². The van der Waals surface area contributed by atoms with Gasteiger partial charge in [0.25, 0.3) is 5.56 Å². The molecule has 0 unspecified atom stereocenters. The molecule has 0 radical (unpaired) electrons. The van der Waals surface area contributed by atoms with Crippen molar-refractivity contribution in [3.63, 3.8) is 0 Å². The standard InChI is InChI=1S/C24H29N3O3S/c1-16(2)30-13-7-12-25-22(28)15-31-24-26-21-9-6-5-8-20(21)23(29)27(24)19-11-10-17(3)18(4)14-19/h5-6,8-11,14,16H,7,12-13,15H2,1-4H3,(H,25,28). The number of carbonyl (C=O) groups is 1. The summed E-state index contributed by atoms with van der Waals surface area (Å²) in [5.74, 6) is 0.0873. The van der Waals surface area contributed by atoms with Crippen LogP contribution < -0.4 is 10.9 Å². The Hall–Kier alpha value is -2.64. The molecule has 1 amide bonds. The molecule has 3 rings (SSSR count). The highest BCUT2D eigenvalue weighted by Gasteiger charge is 2.15. The maximum Gasteiger partial charge on any atom is 0.266 e. The van der Waals surface area contributed by atoms with Gasteiger partial charge in [0, 0.05) is 13.2 Å². The maximum absolute atomic E-state index is 13.3. The number of rotatable bonds is 9. The van der Waals surface area contributed by atoms with Gasteiger partial charge in [-0.05, 0) is 69.5 Å². The highest BCUT2D eigenvalue weighted by Crippen LogP contribution is 2.22. The molecule has 0 saturated carbocycles. The van der Waals surface area contributed by atoms with Crippen LogP contribution in [0.4, 0.5) is 0 Å². The van der Waals surface area contributed by atoms with Crippen LogP contribution in [0, 0.1) is 13.8 Å². The summed E-state index contributed by atoms with van der Waals surface area (Å²) >= 11 is 1.27. The molecule has 31 heavy (non-hydrogen) atoms. The van der Waals surface area contributed by atoms with Gasteiger partial charge in [-0.1, -0.05) is 30.0 Å². The van der Waals surface area contributed by atoms with Crippen LogP contribution in [-0.2, 0) is 9.53 Å². The van der Waals surface area contributed by atoms with Gasteiger partial charge in [0.15, 0.2) is 5.16 Å². The fraction of sp³-hybridized carbons (Fsp3) is 0.375. The zero-order chi connectivity index (χ0) is 22.4.